The number of nitrogens with zero attached hydrogens (tertiary/aromatic N) is 3. The summed E-state index contributed by atoms with van der Waals surface area (Å²) in [7, 11) is 6.83. The lowest BCUT2D eigenvalue weighted by atomic mass is 10.2. The van der Waals surface area contributed by atoms with Gasteiger partial charge in [0, 0.05) is 50.4 Å². The van der Waals surface area contributed by atoms with Crippen LogP contribution in [0.15, 0.2) is 42.5 Å². The highest BCUT2D eigenvalue weighted by Gasteiger charge is 2.26. The smallest absolute Gasteiger partial charge is 0.270 e. The molecule has 1 fully saturated rings. The molecule has 30 heavy (non-hydrogen) atoms. The first kappa shape index (κ1) is 19.9. The van der Waals surface area contributed by atoms with Crippen molar-refractivity contribution in [1.29, 1.82) is 0 Å². The molecular weight excluding hydrogens is 382 g/mol. The highest BCUT2D eigenvalue weighted by molar-refractivity contribution is 6.02. The molecule has 2 aromatic carbocycles. The van der Waals surface area contributed by atoms with E-state index in [1.165, 1.54) is 0 Å². The van der Waals surface area contributed by atoms with Crippen LogP contribution in [-0.4, -0.2) is 62.9 Å². The van der Waals surface area contributed by atoms with Crippen LogP contribution in [0.3, 0.4) is 0 Å². The van der Waals surface area contributed by atoms with Gasteiger partial charge in [-0.1, -0.05) is 6.07 Å². The number of fused-ring (bicyclic) bond motifs is 1. The van der Waals surface area contributed by atoms with Crippen molar-refractivity contribution in [1.82, 2.24) is 9.47 Å². The standard InChI is InChI=1S/C23H27N3O4/c1-24-19(15-18-20(29-3)8-9-21(30-4)22(18)24)23(27)26-12-10-25(11-13-26)16-6-5-7-17(14-16)28-2/h5-9,14-15H,10-13H2,1-4H3. The number of aromatic nitrogens is 1. The fraction of sp³-hybridized carbons (Fsp3) is 0.348. The minimum atomic E-state index is 0.0168. The van der Waals surface area contributed by atoms with Crippen molar-refractivity contribution >= 4 is 22.5 Å². The molecule has 1 amide bonds. The van der Waals surface area contributed by atoms with Crippen LogP contribution in [0.4, 0.5) is 5.69 Å². The second kappa shape index (κ2) is 8.18. The van der Waals surface area contributed by atoms with Gasteiger partial charge in [-0.05, 0) is 30.3 Å². The van der Waals surface area contributed by atoms with Gasteiger partial charge in [0.1, 0.15) is 22.9 Å². The Kier molecular flexibility index (Phi) is 5.44. The Balaban J connectivity index is 1.56. The molecule has 0 aliphatic carbocycles. The van der Waals surface area contributed by atoms with E-state index >= 15 is 0 Å². The van der Waals surface area contributed by atoms with Crippen LogP contribution in [0.1, 0.15) is 10.5 Å². The predicted octanol–water partition coefficient (Wildman–Crippen LogP) is 3.17. The van der Waals surface area contributed by atoms with E-state index in [-0.39, 0.29) is 5.91 Å². The molecular formula is C23H27N3O4. The van der Waals surface area contributed by atoms with Crippen LogP contribution in [-0.2, 0) is 7.05 Å². The molecule has 1 aromatic heterocycles. The van der Waals surface area contributed by atoms with Gasteiger partial charge in [-0.15, -0.1) is 0 Å². The van der Waals surface area contributed by atoms with Crippen molar-refractivity contribution in [2.24, 2.45) is 7.05 Å². The molecule has 1 saturated heterocycles. The molecule has 7 nitrogen and oxygen atoms in total. The zero-order valence-electron chi connectivity index (χ0n) is 17.8. The van der Waals surface area contributed by atoms with Gasteiger partial charge in [-0.25, -0.2) is 0 Å². The summed E-state index contributed by atoms with van der Waals surface area (Å²) in [6.45, 7) is 2.86. The highest BCUT2D eigenvalue weighted by Crippen LogP contribution is 2.35. The zero-order chi connectivity index (χ0) is 21.3. The van der Waals surface area contributed by atoms with E-state index in [0.717, 1.165) is 46.9 Å². The van der Waals surface area contributed by atoms with E-state index in [4.69, 9.17) is 14.2 Å². The van der Waals surface area contributed by atoms with Gasteiger partial charge >= 0.3 is 0 Å². The molecule has 0 unspecified atom stereocenters. The van der Waals surface area contributed by atoms with Crippen molar-refractivity contribution < 1.29 is 19.0 Å². The fourth-order valence-corrected chi connectivity index (χ4v) is 4.09. The molecule has 7 heteroatoms. The first-order chi connectivity index (χ1) is 14.6. The third-order valence-electron chi connectivity index (χ3n) is 5.76. The van der Waals surface area contributed by atoms with Gasteiger partial charge in [-0.2, -0.15) is 0 Å². The summed E-state index contributed by atoms with van der Waals surface area (Å²) >= 11 is 0. The Labute approximate surface area is 176 Å². The Morgan fingerprint density at radius 2 is 1.57 bits per heavy atom. The molecule has 0 N–H and O–H groups in total. The van der Waals surface area contributed by atoms with Gasteiger partial charge in [0.15, 0.2) is 0 Å². The molecule has 1 aliphatic rings. The molecule has 3 aromatic rings. The summed E-state index contributed by atoms with van der Waals surface area (Å²) in [5.41, 5.74) is 2.60. The van der Waals surface area contributed by atoms with Crippen molar-refractivity contribution in [3.05, 3.63) is 48.2 Å². The van der Waals surface area contributed by atoms with Crippen molar-refractivity contribution in [3.8, 4) is 17.2 Å². The molecule has 0 spiro atoms. The Hall–Kier alpha value is -3.35. The molecule has 158 valence electrons. The first-order valence-corrected chi connectivity index (χ1v) is 9.96. The number of hydrogen-bond donors (Lipinski definition) is 0. The van der Waals surface area contributed by atoms with E-state index in [1.54, 1.807) is 21.3 Å². The monoisotopic (exact) mass is 409 g/mol. The Morgan fingerprint density at radius 3 is 2.23 bits per heavy atom. The van der Waals surface area contributed by atoms with Crippen LogP contribution in [0.2, 0.25) is 0 Å². The maximum atomic E-state index is 13.3. The summed E-state index contributed by atoms with van der Waals surface area (Å²) in [4.78, 5) is 17.5. The summed E-state index contributed by atoms with van der Waals surface area (Å²) < 4.78 is 18.2. The van der Waals surface area contributed by atoms with E-state index < -0.39 is 0 Å². The predicted molar refractivity (Wildman–Crippen MR) is 117 cm³/mol. The number of carbonyl (C=O) groups excluding carboxylic acids is 1. The number of carbonyl (C=O) groups is 1. The molecule has 4 rings (SSSR count). The number of benzene rings is 2. The maximum absolute atomic E-state index is 13.3. The number of amides is 1. The molecule has 0 bridgehead atoms. The zero-order valence-corrected chi connectivity index (χ0v) is 17.8. The SMILES string of the molecule is COc1cccc(N2CCN(C(=O)c3cc4c(OC)ccc(OC)c4n3C)CC2)c1. The average molecular weight is 409 g/mol. The van der Waals surface area contributed by atoms with Crippen LogP contribution < -0.4 is 19.1 Å². The number of aryl methyl sites for hydroxylation is 1. The quantitative estimate of drug-likeness (QED) is 0.648. The lowest BCUT2D eigenvalue weighted by Gasteiger charge is -2.36. The topological polar surface area (TPSA) is 56.2 Å². The van der Waals surface area contributed by atoms with Crippen LogP contribution >= 0.6 is 0 Å². The minimum Gasteiger partial charge on any atom is -0.497 e. The number of methoxy groups -OCH3 is 3. The van der Waals surface area contributed by atoms with E-state index in [1.807, 2.05) is 52.9 Å². The Bertz CT molecular complexity index is 1070. The van der Waals surface area contributed by atoms with Crippen LogP contribution in [0, 0.1) is 0 Å². The number of anilines is 1. The number of ether oxygens (including phenoxy) is 3. The second-order valence-electron chi connectivity index (χ2n) is 7.30. The third kappa shape index (κ3) is 3.40. The third-order valence-corrected chi connectivity index (χ3v) is 5.76. The van der Waals surface area contributed by atoms with Crippen LogP contribution in [0.5, 0.6) is 17.2 Å². The molecule has 1 aliphatic heterocycles. The van der Waals surface area contributed by atoms with Crippen molar-refractivity contribution in [2.75, 3.05) is 52.4 Å². The van der Waals surface area contributed by atoms with Gasteiger partial charge in [-0.3, -0.25) is 4.79 Å². The molecule has 2 heterocycles. The summed E-state index contributed by atoms with van der Waals surface area (Å²) in [6, 6.07) is 13.6. The first-order valence-electron chi connectivity index (χ1n) is 9.96. The number of hydrogen-bond acceptors (Lipinski definition) is 5. The molecule has 0 saturated carbocycles. The van der Waals surface area contributed by atoms with Gasteiger partial charge in [0.2, 0.25) is 0 Å². The Morgan fingerprint density at radius 1 is 0.867 bits per heavy atom. The van der Waals surface area contributed by atoms with Gasteiger partial charge in [0.05, 0.1) is 26.8 Å². The van der Waals surface area contributed by atoms with E-state index in [2.05, 4.69) is 11.0 Å². The second-order valence-corrected chi connectivity index (χ2v) is 7.30. The fourth-order valence-electron chi connectivity index (χ4n) is 4.09. The summed E-state index contributed by atoms with van der Waals surface area (Å²) in [5, 5.41) is 0.873. The van der Waals surface area contributed by atoms with E-state index in [9.17, 15) is 4.79 Å². The maximum Gasteiger partial charge on any atom is 0.270 e. The summed E-state index contributed by atoms with van der Waals surface area (Å²) in [5.74, 6) is 2.30. The van der Waals surface area contributed by atoms with Crippen molar-refractivity contribution in [2.45, 2.75) is 0 Å². The lowest BCUT2D eigenvalue weighted by Crippen LogP contribution is -2.49. The number of rotatable bonds is 5. The minimum absolute atomic E-state index is 0.0168. The molecule has 0 radical (unpaired) electrons. The normalized spacial score (nSPS) is 14.1. The number of piperazine rings is 1. The lowest BCUT2D eigenvalue weighted by molar-refractivity contribution is 0.0737. The van der Waals surface area contributed by atoms with Gasteiger partial charge < -0.3 is 28.6 Å². The van der Waals surface area contributed by atoms with E-state index in [0.29, 0.717) is 18.8 Å². The van der Waals surface area contributed by atoms with Crippen LogP contribution in [0.25, 0.3) is 10.9 Å². The highest BCUT2D eigenvalue weighted by atomic mass is 16.5. The molecule has 0 atom stereocenters. The van der Waals surface area contributed by atoms with Crippen molar-refractivity contribution in [3.63, 3.8) is 0 Å². The largest absolute Gasteiger partial charge is 0.497 e. The van der Waals surface area contributed by atoms with Gasteiger partial charge in [0.25, 0.3) is 5.91 Å². The average Bonchev–Trinajstić information content (AvgIpc) is 3.15. The summed E-state index contributed by atoms with van der Waals surface area (Å²) in [6.07, 6.45) is 0.